The summed E-state index contributed by atoms with van der Waals surface area (Å²) in [5.41, 5.74) is 0.716. The van der Waals surface area contributed by atoms with Crippen LogP contribution < -0.4 is 4.74 Å². The molecule has 0 aliphatic rings. The van der Waals surface area contributed by atoms with E-state index in [4.69, 9.17) is 9.15 Å². The van der Waals surface area contributed by atoms with Gasteiger partial charge in [-0.15, -0.1) is 0 Å². The summed E-state index contributed by atoms with van der Waals surface area (Å²) >= 11 is 6.94. The Morgan fingerprint density at radius 2 is 2.11 bits per heavy atom. The van der Waals surface area contributed by atoms with Crippen LogP contribution in [0.15, 0.2) is 25.5 Å². The van der Waals surface area contributed by atoms with E-state index in [9.17, 15) is 5.11 Å². The van der Waals surface area contributed by atoms with E-state index in [1.807, 2.05) is 19.1 Å². The molecule has 98 valence electrons. The largest absolute Gasteiger partial charge is 0.496 e. The zero-order chi connectivity index (χ0) is 13.3. The summed E-state index contributed by atoms with van der Waals surface area (Å²) in [6.45, 7) is 2.03. The molecule has 0 fully saturated rings. The zero-order valence-electron chi connectivity index (χ0n) is 10.2. The average Bonchev–Trinajstić information content (AvgIpc) is 2.80. The van der Waals surface area contributed by atoms with Gasteiger partial charge in [0.05, 0.1) is 16.1 Å². The van der Waals surface area contributed by atoms with Crippen molar-refractivity contribution < 1.29 is 14.3 Å². The molecule has 0 bridgehead atoms. The van der Waals surface area contributed by atoms with Gasteiger partial charge in [-0.2, -0.15) is 0 Å². The first-order valence-corrected chi connectivity index (χ1v) is 7.30. The van der Waals surface area contributed by atoms with Crippen LogP contribution in [0.2, 0.25) is 0 Å². The second-order valence-corrected chi connectivity index (χ2v) is 5.72. The van der Waals surface area contributed by atoms with Crippen molar-refractivity contribution >= 4 is 42.8 Å². The smallest absolute Gasteiger partial charge is 0.150 e. The predicted octanol–water partition coefficient (Wildman–Crippen LogP) is 4.80. The molecular weight excluding hydrogens is 364 g/mol. The lowest BCUT2D eigenvalue weighted by Crippen LogP contribution is -1.93. The Balaban J connectivity index is 2.56. The van der Waals surface area contributed by atoms with Crippen LogP contribution in [0, 0.1) is 0 Å². The van der Waals surface area contributed by atoms with E-state index in [2.05, 4.69) is 31.9 Å². The van der Waals surface area contributed by atoms with Crippen molar-refractivity contribution in [1.29, 1.82) is 0 Å². The fourth-order valence-corrected chi connectivity index (χ4v) is 2.93. The summed E-state index contributed by atoms with van der Waals surface area (Å²) in [5.74, 6) is 1.31. The standard InChI is InChI=1S/C13H14Br2O3/c1-3-4-9(16)10-5-7-12(15)11(17-2)6-8(14)13(7)18-10/h5-6,9,16H,3-4H2,1-2H3. The quantitative estimate of drug-likeness (QED) is 0.831. The summed E-state index contributed by atoms with van der Waals surface area (Å²) in [7, 11) is 1.62. The molecule has 0 spiro atoms. The molecule has 5 heteroatoms. The van der Waals surface area contributed by atoms with E-state index in [0.717, 1.165) is 26.5 Å². The van der Waals surface area contributed by atoms with Gasteiger partial charge in [-0.05, 0) is 50.4 Å². The Hall–Kier alpha value is -0.520. The van der Waals surface area contributed by atoms with E-state index in [1.54, 1.807) is 7.11 Å². The molecule has 1 aromatic carbocycles. The van der Waals surface area contributed by atoms with Crippen LogP contribution in [0.3, 0.4) is 0 Å². The molecule has 1 N–H and O–H groups in total. The first-order chi connectivity index (χ1) is 8.58. The third kappa shape index (κ3) is 2.44. The van der Waals surface area contributed by atoms with Crippen LogP contribution in [-0.2, 0) is 0 Å². The van der Waals surface area contributed by atoms with E-state index < -0.39 is 6.10 Å². The molecule has 0 radical (unpaired) electrons. The van der Waals surface area contributed by atoms with Gasteiger partial charge in [0.1, 0.15) is 23.2 Å². The number of halogens is 2. The number of hydrogen-bond acceptors (Lipinski definition) is 3. The second kappa shape index (κ2) is 5.63. The maximum Gasteiger partial charge on any atom is 0.150 e. The van der Waals surface area contributed by atoms with Crippen molar-refractivity contribution in [3.63, 3.8) is 0 Å². The molecule has 1 aromatic heterocycles. The van der Waals surface area contributed by atoms with Gasteiger partial charge in [0.2, 0.25) is 0 Å². The molecule has 1 heterocycles. The van der Waals surface area contributed by atoms with E-state index in [-0.39, 0.29) is 0 Å². The Kier molecular flexibility index (Phi) is 4.35. The highest BCUT2D eigenvalue weighted by atomic mass is 79.9. The molecule has 0 aliphatic heterocycles. The molecule has 0 aliphatic carbocycles. The summed E-state index contributed by atoms with van der Waals surface area (Å²) < 4.78 is 12.6. The molecule has 1 unspecified atom stereocenters. The van der Waals surface area contributed by atoms with Gasteiger partial charge in [-0.3, -0.25) is 0 Å². The van der Waals surface area contributed by atoms with Crippen LogP contribution in [0.1, 0.15) is 31.6 Å². The Morgan fingerprint density at radius 1 is 1.39 bits per heavy atom. The SMILES string of the molecule is CCCC(O)c1cc2c(Br)c(OC)cc(Br)c2o1. The number of hydrogen-bond donors (Lipinski definition) is 1. The van der Waals surface area contributed by atoms with E-state index >= 15 is 0 Å². The van der Waals surface area contributed by atoms with Gasteiger partial charge < -0.3 is 14.3 Å². The van der Waals surface area contributed by atoms with Crippen molar-refractivity contribution in [3.8, 4) is 5.75 Å². The van der Waals surface area contributed by atoms with Crippen molar-refractivity contribution in [3.05, 3.63) is 26.8 Å². The number of methoxy groups -OCH3 is 1. The van der Waals surface area contributed by atoms with E-state index in [1.165, 1.54) is 0 Å². The third-order valence-corrected chi connectivity index (χ3v) is 4.20. The summed E-state index contributed by atoms with van der Waals surface area (Å²) in [6.07, 6.45) is 1.03. The van der Waals surface area contributed by atoms with Gasteiger partial charge in [0, 0.05) is 5.39 Å². The molecule has 3 nitrogen and oxygen atoms in total. The highest BCUT2D eigenvalue weighted by Gasteiger charge is 2.18. The zero-order valence-corrected chi connectivity index (χ0v) is 13.3. The number of ether oxygens (including phenoxy) is 1. The molecule has 0 amide bonds. The molecule has 0 saturated carbocycles. The highest BCUT2D eigenvalue weighted by Crippen LogP contribution is 2.41. The number of aliphatic hydroxyl groups excluding tert-OH is 1. The van der Waals surface area contributed by atoms with Crippen molar-refractivity contribution in [2.75, 3.05) is 7.11 Å². The average molecular weight is 378 g/mol. The van der Waals surface area contributed by atoms with Gasteiger partial charge in [0.25, 0.3) is 0 Å². The number of fused-ring (bicyclic) bond motifs is 1. The Morgan fingerprint density at radius 3 is 2.72 bits per heavy atom. The minimum absolute atomic E-state index is 0.563. The number of furan rings is 1. The first kappa shape index (κ1) is 13.9. The first-order valence-electron chi connectivity index (χ1n) is 5.72. The maximum atomic E-state index is 9.97. The Labute approximate surface area is 122 Å². The van der Waals surface area contributed by atoms with Gasteiger partial charge in [0.15, 0.2) is 0 Å². The van der Waals surface area contributed by atoms with Crippen LogP contribution >= 0.6 is 31.9 Å². The number of benzene rings is 1. The lowest BCUT2D eigenvalue weighted by atomic mass is 10.1. The van der Waals surface area contributed by atoms with Crippen LogP contribution in [0.5, 0.6) is 5.75 Å². The van der Waals surface area contributed by atoms with E-state index in [0.29, 0.717) is 17.8 Å². The van der Waals surface area contributed by atoms with Crippen LogP contribution in [0.25, 0.3) is 11.0 Å². The molecule has 1 atom stereocenters. The third-order valence-electron chi connectivity index (χ3n) is 2.79. The Bertz CT molecular complexity index is 563. The molecular formula is C13H14Br2O3. The van der Waals surface area contributed by atoms with Crippen LogP contribution in [0.4, 0.5) is 0 Å². The summed E-state index contributed by atoms with van der Waals surface area (Å²) in [6, 6.07) is 3.69. The minimum atomic E-state index is -0.563. The lowest BCUT2D eigenvalue weighted by Gasteiger charge is -2.04. The van der Waals surface area contributed by atoms with Gasteiger partial charge in [-0.25, -0.2) is 0 Å². The summed E-state index contributed by atoms with van der Waals surface area (Å²) in [4.78, 5) is 0. The molecule has 2 aromatic rings. The van der Waals surface area contributed by atoms with Crippen molar-refractivity contribution in [1.82, 2.24) is 0 Å². The monoisotopic (exact) mass is 376 g/mol. The fourth-order valence-electron chi connectivity index (χ4n) is 1.86. The number of rotatable bonds is 4. The number of aliphatic hydroxyl groups is 1. The fraction of sp³-hybridized carbons (Fsp3) is 0.385. The summed E-state index contributed by atoms with van der Waals surface area (Å²) in [5, 5.41) is 10.9. The lowest BCUT2D eigenvalue weighted by molar-refractivity contribution is 0.141. The van der Waals surface area contributed by atoms with Crippen LogP contribution in [-0.4, -0.2) is 12.2 Å². The molecule has 18 heavy (non-hydrogen) atoms. The van der Waals surface area contributed by atoms with Crippen molar-refractivity contribution in [2.45, 2.75) is 25.9 Å². The topological polar surface area (TPSA) is 42.6 Å². The van der Waals surface area contributed by atoms with Gasteiger partial charge in [-0.1, -0.05) is 13.3 Å². The van der Waals surface area contributed by atoms with Crippen molar-refractivity contribution in [2.24, 2.45) is 0 Å². The maximum absolute atomic E-state index is 9.97. The second-order valence-electron chi connectivity index (χ2n) is 4.07. The highest BCUT2D eigenvalue weighted by molar-refractivity contribution is 9.11. The predicted molar refractivity (Wildman–Crippen MR) is 78.0 cm³/mol. The molecule has 0 saturated heterocycles. The normalized spacial score (nSPS) is 12.9. The van der Waals surface area contributed by atoms with Gasteiger partial charge >= 0.3 is 0 Å². The molecule has 2 rings (SSSR count). The minimum Gasteiger partial charge on any atom is -0.496 e.